The Bertz CT molecular complexity index is 1490. The molecule has 0 fully saturated rings. The van der Waals surface area contributed by atoms with Gasteiger partial charge in [0.15, 0.2) is 0 Å². The van der Waals surface area contributed by atoms with Crippen molar-refractivity contribution in [2.75, 3.05) is 18.0 Å². The number of aryl methyl sites for hydroxylation is 2. The van der Waals surface area contributed by atoms with Crippen molar-refractivity contribution in [1.82, 2.24) is 4.90 Å². The van der Waals surface area contributed by atoms with Gasteiger partial charge in [-0.3, -0.25) is 19.3 Å². The maximum atomic E-state index is 13.7. The molecule has 0 atom stereocenters. The first-order valence-corrected chi connectivity index (χ1v) is 12.2. The highest BCUT2D eigenvalue weighted by Gasteiger charge is 2.33. The van der Waals surface area contributed by atoms with E-state index in [-0.39, 0.29) is 30.8 Å². The monoisotopic (exact) mass is 516 g/mol. The summed E-state index contributed by atoms with van der Waals surface area (Å²) in [6.07, 6.45) is 0. The molecular weight excluding hydrogens is 495 g/mol. The van der Waals surface area contributed by atoms with Crippen LogP contribution in [0, 0.1) is 13.8 Å². The molecule has 7 heteroatoms. The molecule has 5 nitrogen and oxygen atoms in total. The van der Waals surface area contributed by atoms with E-state index in [1.54, 1.807) is 35.2 Å². The third-order valence-corrected chi connectivity index (χ3v) is 6.84. The Morgan fingerprint density at radius 1 is 0.833 bits per heavy atom. The van der Waals surface area contributed by atoms with Gasteiger partial charge in [0.25, 0.3) is 17.7 Å². The van der Waals surface area contributed by atoms with Crippen LogP contribution >= 0.6 is 23.2 Å². The van der Waals surface area contributed by atoms with Crippen LogP contribution in [-0.4, -0.2) is 35.7 Å². The molecule has 180 valence electrons. The highest BCUT2D eigenvalue weighted by molar-refractivity contribution is 6.35. The van der Waals surface area contributed by atoms with Gasteiger partial charge in [-0.15, -0.1) is 0 Å². The molecule has 0 bridgehead atoms. The van der Waals surface area contributed by atoms with Gasteiger partial charge >= 0.3 is 0 Å². The van der Waals surface area contributed by atoms with E-state index in [9.17, 15) is 14.4 Å². The molecule has 4 aromatic carbocycles. The van der Waals surface area contributed by atoms with E-state index >= 15 is 0 Å². The molecule has 0 unspecified atom stereocenters. The fourth-order valence-electron chi connectivity index (χ4n) is 4.76. The van der Waals surface area contributed by atoms with Gasteiger partial charge < -0.3 is 4.90 Å². The largest absolute Gasteiger partial charge is 0.306 e. The smallest absolute Gasteiger partial charge is 0.261 e. The number of hydrogen-bond donors (Lipinski definition) is 0. The molecule has 0 spiro atoms. The second-order valence-corrected chi connectivity index (χ2v) is 9.75. The van der Waals surface area contributed by atoms with Crippen LogP contribution in [0.2, 0.25) is 10.0 Å². The van der Waals surface area contributed by atoms with Crippen LogP contribution in [-0.2, 0) is 0 Å². The molecule has 1 aliphatic rings. The van der Waals surface area contributed by atoms with E-state index in [0.717, 1.165) is 16.5 Å². The maximum absolute atomic E-state index is 13.7. The van der Waals surface area contributed by atoms with Crippen molar-refractivity contribution >= 4 is 57.4 Å². The standard InChI is InChI=1S/C29H22Cl2N2O3/c1-17-9-10-25(18(2)13-17)32(27(34)20-14-21(30)16-22(31)15-20)11-12-33-28(35)23-7-3-5-19-6-4-8-24(26(19)23)29(33)36/h3-10,13-16H,11-12H2,1-2H3. The number of imide groups is 1. The number of hydrogen-bond acceptors (Lipinski definition) is 3. The maximum Gasteiger partial charge on any atom is 0.261 e. The second kappa shape index (κ2) is 9.41. The lowest BCUT2D eigenvalue weighted by Gasteiger charge is -2.31. The predicted octanol–water partition coefficient (Wildman–Crippen LogP) is 6.71. The minimum Gasteiger partial charge on any atom is -0.306 e. The van der Waals surface area contributed by atoms with Gasteiger partial charge in [-0.05, 0) is 61.2 Å². The zero-order chi connectivity index (χ0) is 25.6. The minimum absolute atomic E-state index is 0.0236. The van der Waals surface area contributed by atoms with Crippen molar-refractivity contribution in [3.8, 4) is 0 Å². The lowest BCUT2D eigenvalue weighted by Crippen LogP contribution is -2.46. The van der Waals surface area contributed by atoms with Crippen molar-refractivity contribution in [3.63, 3.8) is 0 Å². The SMILES string of the molecule is Cc1ccc(N(CCN2C(=O)c3cccc4cccc(c34)C2=O)C(=O)c2cc(Cl)cc(Cl)c2)c(C)c1. The summed E-state index contributed by atoms with van der Waals surface area (Å²) in [7, 11) is 0. The van der Waals surface area contributed by atoms with Gasteiger partial charge in [-0.1, -0.05) is 65.2 Å². The summed E-state index contributed by atoms with van der Waals surface area (Å²) >= 11 is 12.3. The molecule has 0 N–H and O–H groups in total. The van der Waals surface area contributed by atoms with Crippen LogP contribution in [0.5, 0.6) is 0 Å². The summed E-state index contributed by atoms with van der Waals surface area (Å²) in [6, 6.07) is 21.3. The number of anilines is 1. The first kappa shape index (κ1) is 24.0. The third-order valence-electron chi connectivity index (χ3n) is 6.40. The zero-order valence-electron chi connectivity index (χ0n) is 19.7. The Hall–Kier alpha value is -3.67. The van der Waals surface area contributed by atoms with Gasteiger partial charge in [-0.2, -0.15) is 0 Å². The lowest BCUT2D eigenvalue weighted by molar-refractivity contribution is 0.0611. The highest BCUT2D eigenvalue weighted by Crippen LogP contribution is 2.31. The number of halogens is 2. The quantitative estimate of drug-likeness (QED) is 0.277. The lowest BCUT2D eigenvalue weighted by atomic mass is 9.94. The topological polar surface area (TPSA) is 57.7 Å². The number of rotatable bonds is 5. The summed E-state index contributed by atoms with van der Waals surface area (Å²) in [5.41, 5.74) is 3.91. The van der Waals surface area contributed by atoms with E-state index < -0.39 is 0 Å². The van der Waals surface area contributed by atoms with Gasteiger partial charge in [0, 0.05) is 50.9 Å². The molecule has 0 radical (unpaired) electrons. The predicted molar refractivity (Wildman–Crippen MR) is 143 cm³/mol. The summed E-state index contributed by atoms with van der Waals surface area (Å²) in [5.74, 6) is -1.07. The van der Waals surface area contributed by atoms with E-state index in [1.165, 1.54) is 4.90 Å². The summed E-state index contributed by atoms with van der Waals surface area (Å²) in [4.78, 5) is 43.2. The third kappa shape index (κ3) is 4.25. The molecule has 5 rings (SSSR count). The number of nitrogens with zero attached hydrogens (tertiary/aromatic N) is 2. The molecule has 3 amide bonds. The molecule has 4 aromatic rings. The average molecular weight is 517 g/mol. The van der Waals surface area contributed by atoms with Crippen molar-refractivity contribution < 1.29 is 14.4 Å². The van der Waals surface area contributed by atoms with Crippen LogP contribution in [0.4, 0.5) is 5.69 Å². The molecule has 1 aliphatic heterocycles. The number of carbonyl (C=O) groups excluding carboxylic acids is 3. The fraction of sp³-hybridized carbons (Fsp3) is 0.138. The van der Waals surface area contributed by atoms with Crippen LogP contribution in [0.3, 0.4) is 0 Å². The molecule has 0 aliphatic carbocycles. The first-order chi connectivity index (χ1) is 17.2. The summed E-state index contributed by atoms with van der Waals surface area (Å²) in [6.45, 7) is 4.02. The molecule has 36 heavy (non-hydrogen) atoms. The molecule has 1 heterocycles. The van der Waals surface area contributed by atoms with E-state index in [1.807, 2.05) is 56.3 Å². The second-order valence-electron chi connectivity index (χ2n) is 8.88. The zero-order valence-corrected chi connectivity index (χ0v) is 21.2. The fourth-order valence-corrected chi connectivity index (χ4v) is 5.28. The van der Waals surface area contributed by atoms with Gasteiger partial charge in [0.2, 0.25) is 0 Å². The van der Waals surface area contributed by atoms with Gasteiger partial charge in [-0.25, -0.2) is 0 Å². The first-order valence-electron chi connectivity index (χ1n) is 11.5. The Kier molecular flexibility index (Phi) is 6.29. The molecule has 0 saturated heterocycles. The van der Waals surface area contributed by atoms with Gasteiger partial charge in [0.05, 0.1) is 0 Å². The Balaban J connectivity index is 1.51. The van der Waals surface area contributed by atoms with Crippen molar-refractivity contribution in [1.29, 1.82) is 0 Å². The number of amides is 3. The minimum atomic E-state index is -0.372. The van der Waals surface area contributed by atoms with Crippen LogP contribution in [0.1, 0.15) is 42.2 Å². The highest BCUT2D eigenvalue weighted by atomic mass is 35.5. The summed E-state index contributed by atoms with van der Waals surface area (Å²) in [5, 5.41) is 2.20. The van der Waals surface area contributed by atoms with Crippen LogP contribution < -0.4 is 4.90 Å². The summed E-state index contributed by atoms with van der Waals surface area (Å²) < 4.78 is 0. The van der Waals surface area contributed by atoms with Crippen molar-refractivity contribution in [3.05, 3.63) is 111 Å². The van der Waals surface area contributed by atoms with Gasteiger partial charge in [0.1, 0.15) is 0 Å². The van der Waals surface area contributed by atoms with Crippen LogP contribution in [0.25, 0.3) is 10.8 Å². The van der Waals surface area contributed by atoms with Crippen LogP contribution in [0.15, 0.2) is 72.8 Å². The van der Waals surface area contributed by atoms with E-state index in [0.29, 0.717) is 37.8 Å². The van der Waals surface area contributed by atoms with E-state index in [2.05, 4.69) is 0 Å². The van der Waals surface area contributed by atoms with E-state index in [4.69, 9.17) is 23.2 Å². The Morgan fingerprint density at radius 2 is 1.44 bits per heavy atom. The normalized spacial score (nSPS) is 12.8. The molecule has 0 saturated carbocycles. The molecule has 0 aromatic heterocycles. The average Bonchev–Trinajstić information content (AvgIpc) is 2.84. The number of carbonyl (C=O) groups is 3. The van der Waals surface area contributed by atoms with Crippen molar-refractivity contribution in [2.24, 2.45) is 0 Å². The van der Waals surface area contributed by atoms with Crippen molar-refractivity contribution in [2.45, 2.75) is 13.8 Å². The Labute approximate surface area is 218 Å². The number of benzene rings is 4. The Morgan fingerprint density at radius 3 is 2.03 bits per heavy atom. The molecular formula is C29H22Cl2N2O3.